The van der Waals surface area contributed by atoms with Gasteiger partial charge in [-0.1, -0.05) is 50.2 Å². The summed E-state index contributed by atoms with van der Waals surface area (Å²) < 4.78 is 0. The van der Waals surface area contributed by atoms with Gasteiger partial charge in [0.15, 0.2) is 0 Å². The van der Waals surface area contributed by atoms with Crippen molar-refractivity contribution in [3.05, 3.63) is 71.4 Å². The van der Waals surface area contributed by atoms with Crippen LogP contribution in [0.15, 0.2) is 75.9 Å². The Morgan fingerprint density at radius 1 is 1.06 bits per heavy atom. The number of allylic oxidation sites excluding steroid dienone is 1. The molecule has 0 fully saturated rings. The standard InChI is InChI=1S/C25H26N4O2S/c1-3-7-20-24(25(31)29-28-20)21-15-22(18-9-5-6-10-19(18)27-21)32-17-13-11-16(12-14-17)26-23(30)8-4-2/h5-6,9-15,27H,3-4,7-8H2,1-2H3,(H,26,30)(H,29,31). The van der Waals surface area contributed by atoms with Crippen LogP contribution in [0.1, 0.15) is 45.1 Å². The number of carbonyl (C=O) groups excluding carboxylic acids is 2. The first-order chi connectivity index (χ1) is 15.6. The van der Waals surface area contributed by atoms with Gasteiger partial charge in [0.05, 0.1) is 17.0 Å². The van der Waals surface area contributed by atoms with E-state index in [4.69, 9.17) is 0 Å². The van der Waals surface area contributed by atoms with Crippen molar-refractivity contribution in [1.82, 2.24) is 5.43 Å². The maximum Gasteiger partial charge on any atom is 0.275 e. The molecule has 4 rings (SSSR count). The molecule has 2 aromatic carbocycles. The zero-order valence-electron chi connectivity index (χ0n) is 18.2. The molecule has 0 aliphatic carbocycles. The number of carbonyl (C=O) groups is 2. The molecule has 0 saturated carbocycles. The van der Waals surface area contributed by atoms with Crippen LogP contribution < -0.4 is 16.1 Å². The fourth-order valence-corrected chi connectivity index (χ4v) is 4.65. The van der Waals surface area contributed by atoms with Crippen molar-refractivity contribution >= 4 is 45.6 Å². The van der Waals surface area contributed by atoms with Gasteiger partial charge >= 0.3 is 0 Å². The third kappa shape index (κ3) is 4.78. The van der Waals surface area contributed by atoms with Gasteiger partial charge in [-0.15, -0.1) is 0 Å². The van der Waals surface area contributed by atoms with E-state index in [-0.39, 0.29) is 11.8 Å². The summed E-state index contributed by atoms with van der Waals surface area (Å²) in [5.41, 5.74) is 7.58. The summed E-state index contributed by atoms with van der Waals surface area (Å²) in [6, 6.07) is 15.9. The maximum absolute atomic E-state index is 12.5. The second-order valence-electron chi connectivity index (χ2n) is 7.64. The molecule has 0 atom stereocenters. The van der Waals surface area contributed by atoms with Crippen LogP contribution in [-0.4, -0.2) is 17.5 Å². The molecule has 0 saturated heterocycles. The first kappa shape index (κ1) is 21.9. The lowest BCUT2D eigenvalue weighted by Gasteiger charge is -2.22. The monoisotopic (exact) mass is 446 g/mol. The fourth-order valence-electron chi connectivity index (χ4n) is 3.66. The van der Waals surface area contributed by atoms with Gasteiger partial charge in [-0.2, -0.15) is 5.10 Å². The van der Waals surface area contributed by atoms with Crippen LogP contribution in [0.5, 0.6) is 0 Å². The largest absolute Gasteiger partial charge is 0.354 e. The van der Waals surface area contributed by atoms with E-state index in [2.05, 4.69) is 34.2 Å². The predicted molar refractivity (Wildman–Crippen MR) is 131 cm³/mol. The molecule has 2 aliphatic rings. The highest BCUT2D eigenvalue weighted by molar-refractivity contribution is 8.08. The van der Waals surface area contributed by atoms with Crippen LogP contribution in [-0.2, 0) is 9.59 Å². The molecule has 0 radical (unpaired) electrons. The van der Waals surface area contributed by atoms with E-state index in [1.807, 2.05) is 55.5 Å². The van der Waals surface area contributed by atoms with Crippen LogP contribution >= 0.6 is 11.8 Å². The number of amides is 2. The number of hydrazone groups is 1. The summed E-state index contributed by atoms with van der Waals surface area (Å²) in [5, 5.41) is 10.6. The van der Waals surface area contributed by atoms with Gasteiger partial charge in [-0.3, -0.25) is 9.59 Å². The van der Waals surface area contributed by atoms with Crippen LogP contribution in [0.25, 0.3) is 4.91 Å². The zero-order chi connectivity index (χ0) is 22.5. The van der Waals surface area contributed by atoms with Crippen LogP contribution in [0.2, 0.25) is 0 Å². The van der Waals surface area contributed by atoms with Gasteiger partial charge in [-0.25, -0.2) is 5.43 Å². The molecule has 2 amide bonds. The minimum absolute atomic E-state index is 0.0264. The summed E-state index contributed by atoms with van der Waals surface area (Å²) in [6.45, 7) is 4.06. The van der Waals surface area contributed by atoms with Gasteiger partial charge in [0.1, 0.15) is 0 Å². The van der Waals surface area contributed by atoms with E-state index in [0.29, 0.717) is 12.0 Å². The van der Waals surface area contributed by atoms with Gasteiger partial charge in [0.25, 0.3) is 5.91 Å². The van der Waals surface area contributed by atoms with Crippen molar-refractivity contribution in [2.75, 3.05) is 10.6 Å². The molecule has 3 N–H and O–H groups in total. The van der Waals surface area contributed by atoms with E-state index in [1.165, 1.54) is 0 Å². The number of fused-ring (bicyclic) bond motifs is 1. The highest BCUT2D eigenvalue weighted by atomic mass is 32.2. The average molecular weight is 447 g/mol. The molecule has 6 nitrogen and oxygen atoms in total. The molecule has 0 aromatic heterocycles. The maximum atomic E-state index is 12.5. The topological polar surface area (TPSA) is 82.6 Å². The van der Waals surface area contributed by atoms with E-state index in [9.17, 15) is 9.59 Å². The van der Waals surface area contributed by atoms with Crippen LogP contribution in [0.3, 0.4) is 0 Å². The van der Waals surface area contributed by atoms with Crippen molar-refractivity contribution in [2.45, 2.75) is 44.4 Å². The Hall–Kier alpha value is -3.32. The van der Waals surface area contributed by atoms with Crippen molar-refractivity contribution in [2.24, 2.45) is 5.10 Å². The highest BCUT2D eigenvalue weighted by Crippen LogP contribution is 2.42. The zero-order valence-corrected chi connectivity index (χ0v) is 19.0. The van der Waals surface area contributed by atoms with Crippen molar-refractivity contribution in [3.63, 3.8) is 0 Å². The molecular formula is C25H26N4O2S. The van der Waals surface area contributed by atoms with E-state index in [0.717, 1.165) is 57.4 Å². The summed E-state index contributed by atoms with van der Waals surface area (Å²) in [4.78, 5) is 26.4. The smallest absolute Gasteiger partial charge is 0.275 e. The lowest BCUT2D eigenvalue weighted by molar-refractivity contribution is -0.117. The van der Waals surface area contributed by atoms with E-state index in [1.54, 1.807) is 11.8 Å². The molecule has 0 unspecified atom stereocenters. The van der Waals surface area contributed by atoms with Crippen molar-refractivity contribution in [1.29, 1.82) is 0 Å². The molecular weight excluding hydrogens is 420 g/mol. The lowest BCUT2D eigenvalue weighted by atomic mass is 10.0. The molecule has 2 aromatic rings. The number of nitrogens with zero attached hydrogens (tertiary/aromatic N) is 1. The fraction of sp³-hybridized carbons (Fsp3) is 0.240. The Morgan fingerprint density at radius 2 is 1.84 bits per heavy atom. The number of para-hydroxylation sites is 1. The minimum Gasteiger partial charge on any atom is -0.354 e. The molecule has 32 heavy (non-hydrogen) atoms. The SMILES string of the molecule is CCCC(=O)Nc1ccc(SC2=CC(=C3C(=O)NN=C3CCC)Nc3ccccc32)cc1. The van der Waals surface area contributed by atoms with Crippen LogP contribution in [0.4, 0.5) is 11.4 Å². The number of nitrogens with one attached hydrogen (secondary N) is 3. The van der Waals surface area contributed by atoms with Gasteiger partial charge in [0, 0.05) is 33.2 Å². The van der Waals surface area contributed by atoms with Gasteiger partial charge in [-0.05, 0) is 49.2 Å². The van der Waals surface area contributed by atoms with Gasteiger partial charge in [0.2, 0.25) is 5.91 Å². The third-order valence-corrected chi connectivity index (χ3v) is 6.21. The van der Waals surface area contributed by atoms with Crippen LogP contribution in [0, 0.1) is 0 Å². The average Bonchev–Trinajstić information content (AvgIpc) is 3.15. The Bertz CT molecular complexity index is 1130. The van der Waals surface area contributed by atoms with Crippen molar-refractivity contribution in [3.8, 4) is 0 Å². The number of rotatable bonds is 7. The second-order valence-corrected chi connectivity index (χ2v) is 8.76. The van der Waals surface area contributed by atoms with Crippen molar-refractivity contribution < 1.29 is 9.59 Å². The molecule has 7 heteroatoms. The lowest BCUT2D eigenvalue weighted by Crippen LogP contribution is -2.19. The summed E-state index contributed by atoms with van der Waals surface area (Å²) in [5.74, 6) is -0.151. The molecule has 2 heterocycles. The molecule has 164 valence electrons. The quantitative estimate of drug-likeness (QED) is 0.489. The first-order valence-electron chi connectivity index (χ1n) is 10.9. The predicted octanol–water partition coefficient (Wildman–Crippen LogP) is 5.52. The number of hydrogen-bond acceptors (Lipinski definition) is 5. The molecule has 0 bridgehead atoms. The minimum atomic E-state index is -0.178. The number of anilines is 2. The van der Waals surface area contributed by atoms with E-state index >= 15 is 0 Å². The number of hydrogen-bond donors (Lipinski definition) is 3. The first-order valence-corrected chi connectivity index (χ1v) is 11.7. The molecule has 2 aliphatic heterocycles. The summed E-state index contributed by atoms with van der Waals surface area (Å²) >= 11 is 1.63. The second kappa shape index (κ2) is 9.87. The summed E-state index contributed by atoms with van der Waals surface area (Å²) in [7, 11) is 0. The highest BCUT2D eigenvalue weighted by Gasteiger charge is 2.28. The van der Waals surface area contributed by atoms with Gasteiger partial charge < -0.3 is 10.6 Å². The third-order valence-electron chi connectivity index (χ3n) is 5.14. The Morgan fingerprint density at radius 3 is 2.59 bits per heavy atom. The Labute approximate surface area is 192 Å². The van der Waals surface area contributed by atoms with E-state index < -0.39 is 0 Å². The number of benzene rings is 2. The molecule has 0 spiro atoms. The Kier molecular flexibility index (Phi) is 6.75. The Balaban J connectivity index is 1.64. The number of thioether (sulfide) groups is 1. The summed E-state index contributed by atoms with van der Waals surface area (Å²) in [6.07, 6.45) is 5.01. The normalized spacial score (nSPS) is 17.1.